The first-order valence-corrected chi connectivity index (χ1v) is 10.5. The van der Waals surface area contributed by atoms with E-state index in [-0.39, 0.29) is 5.25 Å². The lowest BCUT2D eigenvalue weighted by Gasteiger charge is -2.32. The summed E-state index contributed by atoms with van der Waals surface area (Å²) in [5.74, 6) is 0.775. The number of fused-ring (bicyclic) bond motifs is 1. The molecule has 0 amide bonds. The molecule has 1 fully saturated rings. The number of benzene rings is 2. The topological polar surface area (TPSA) is 66.3 Å². The zero-order chi connectivity index (χ0) is 19.0. The summed E-state index contributed by atoms with van der Waals surface area (Å²) in [5, 5.41) is 1.61. The fraction of sp³-hybridized carbons (Fsp3) is 0.263. The molecule has 0 radical (unpaired) electrons. The summed E-state index contributed by atoms with van der Waals surface area (Å²) >= 11 is 10.4. The predicted molar refractivity (Wildman–Crippen MR) is 111 cm³/mol. The lowest BCUT2D eigenvalue weighted by Crippen LogP contribution is -2.40. The van der Waals surface area contributed by atoms with Crippen molar-refractivity contribution in [3.63, 3.8) is 0 Å². The summed E-state index contributed by atoms with van der Waals surface area (Å²) in [6, 6.07) is 11.4. The van der Waals surface area contributed by atoms with Crippen LogP contribution in [0, 0.1) is 0 Å². The third-order valence-electron chi connectivity index (χ3n) is 4.84. The van der Waals surface area contributed by atoms with E-state index in [4.69, 9.17) is 23.2 Å². The van der Waals surface area contributed by atoms with E-state index < -0.39 is 11.1 Å². The highest BCUT2D eigenvalue weighted by atomic mass is 35.5. The van der Waals surface area contributed by atoms with E-state index in [1.807, 2.05) is 30.3 Å². The quantitative estimate of drug-likeness (QED) is 0.615. The van der Waals surface area contributed by atoms with Gasteiger partial charge >= 0.3 is 0 Å². The third-order valence-corrected chi connectivity index (χ3v) is 6.53. The Morgan fingerprint density at radius 2 is 2.00 bits per heavy atom. The van der Waals surface area contributed by atoms with Crippen LogP contribution in [0.3, 0.4) is 0 Å². The number of anilines is 1. The van der Waals surface area contributed by atoms with Gasteiger partial charge in [-0.2, -0.15) is 0 Å². The number of nitrogens with zero attached hydrogens (tertiary/aromatic N) is 3. The van der Waals surface area contributed by atoms with Crippen molar-refractivity contribution in [3.8, 4) is 11.1 Å². The van der Waals surface area contributed by atoms with Gasteiger partial charge in [-0.15, -0.1) is 0 Å². The smallest absolute Gasteiger partial charge is 0.157 e. The zero-order valence-corrected chi connectivity index (χ0v) is 16.6. The van der Waals surface area contributed by atoms with Crippen LogP contribution in [0.1, 0.15) is 12.8 Å². The van der Waals surface area contributed by atoms with E-state index in [1.54, 1.807) is 6.07 Å². The van der Waals surface area contributed by atoms with Crippen LogP contribution in [0.15, 0.2) is 42.7 Å². The van der Waals surface area contributed by atoms with E-state index in [1.165, 1.54) is 6.33 Å². The highest BCUT2D eigenvalue weighted by Gasteiger charge is 2.26. The normalized spacial score (nSPS) is 18.6. The molecule has 0 spiro atoms. The van der Waals surface area contributed by atoms with Gasteiger partial charge in [-0.25, -0.2) is 14.2 Å². The molecule has 0 aliphatic carbocycles. The molecular formula is C19H17Cl2N3O2S. The van der Waals surface area contributed by atoms with Crippen LogP contribution < -0.4 is 4.90 Å². The van der Waals surface area contributed by atoms with Crippen molar-refractivity contribution >= 4 is 51.0 Å². The minimum Gasteiger partial charge on any atom is -0.355 e. The predicted octanol–water partition coefficient (Wildman–Crippen LogP) is 4.79. The highest BCUT2D eigenvalue weighted by molar-refractivity contribution is 7.79. The first kappa shape index (κ1) is 18.6. The summed E-state index contributed by atoms with van der Waals surface area (Å²) in [5.41, 5.74) is 2.69. The third kappa shape index (κ3) is 3.67. The molecule has 1 N–H and O–H groups in total. The van der Waals surface area contributed by atoms with E-state index in [0.29, 0.717) is 16.6 Å². The van der Waals surface area contributed by atoms with Crippen molar-refractivity contribution < 1.29 is 8.76 Å². The van der Waals surface area contributed by atoms with Crippen molar-refractivity contribution in [1.82, 2.24) is 9.97 Å². The highest BCUT2D eigenvalue weighted by Crippen LogP contribution is 2.37. The zero-order valence-electron chi connectivity index (χ0n) is 14.3. The largest absolute Gasteiger partial charge is 0.355 e. The van der Waals surface area contributed by atoms with E-state index in [2.05, 4.69) is 14.9 Å². The van der Waals surface area contributed by atoms with Gasteiger partial charge in [0.25, 0.3) is 0 Å². The minimum atomic E-state index is -1.84. The number of hydrogen-bond donors (Lipinski definition) is 1. The molecule has 5 nitrogen and oxygen atoms in total. The van der Waals surface area contributed by atoms with Gasteiger partial charge in [-0.05, 0) is 42.2 Å². The molecule has 8 heteroatoms. The number of hydrogen-bond acceptors (Lipinski definition) is 4. The van der Waals surface area contributed by atoms with Gasteiger partial charge in [0.05, 0.1) is 26.2 Å². The number of aromatic nitrogens is 2. The maximum Gasteiger partial charge on any atom is 0.157 e. The van der Waals surface area contributed by atoms with E-state index >= 15 is 0 Å². The van der Waals surface area contributed by atoms with E-state index in [9.17, 15) is 8.76 Å². The number of halogens is 2. The molecule has 2 aromatic carbocycles. The second kappa shape index (κ2) is 7.72. The fourth-order valence-electron chi connectivity index (χ4n) is 3.53. The Bertz CT molecular complexity index is 1030. The summed E-state index contributed by atoms with van der Waals surface area (Å²) in [6.07, 6.45) is 3.12. The SMILES string of the molecule is O=S(O)C1CCCN(c2ncnc3cccc(-c4ccc(Cl)c(Cl)c4)c23)C1. The van der Waals surface area contributed by atoms with E-state index in [0.717, 1.165) is 47.2 Å². The molecule has 2 atom stereocenters. The monoisotopic (exact) mass is 421 g/mol. The van der Waals surface area contributed by atoms with Crippen LogP contribution in [0.25, 0.3) is 22.0 Å². The molecule has 2 heterocycles. The molecule has 140 valence electrons. The molecule has 1 aromatic heterocycles. The minimum absolute atomic E-state index is 0.277. The van der Waals surface area contributed by atoms with Gasteiger partial charge in [-0.1, -0.05) is 41.4 Å². The number of piperidine rings is 1. The average Bonchev–Trinajstić information content (AvgIpc) is 2.69. The number of rotatable bonds is 3. The molecule has 1 aliphatic rings. The van der Waals surface area contributed by atoms with Crippen molar-refractivity contribution in [2.45, 2.75) is 18.1 Å². The van der Waals surface area contributed by atoms with Crippen LogP contribution in [0.2, 0.25) is 10.0 Å². The molecule has 3 aromatic rings. The Morgan fingerprint density at radius 1 is 1.15 bits per heavy atom. The summed E-state index contributed by atoms with van der Waals surface area (Å²) in [4.78, 5) is 11.0. The van der Waals surface area contributed by atoms with Gasteiger partial charge in [0.1, 0.15) is 12.1 Å². The van der Waals surface area contributed by atoms with Gasteiger partial charge < -0.3 is 9.45 Å². The molecule has 1 aliphatic heterocycles. The molecule has 0 bridgehead atoms. The second-order valence-corrected chi connectivity index (χ2v) is 8.55. The molecule has 27 heavy (non-hydrogen) atoms. The van der Waals surface area contributed by atoms with Crippen molar-refractivity contribution in [3.05, 3.63) is 52.8 Å². The molecule has 1 saturated heterocycles. The van der Waals surface area contributed by atoms with Crippen molar-refractivity contribution in [2.24, 2.45) is 0 Å². The standard InChI is InChI=1S/C19H17Cl2N3O2S/c20-15-7-6-12(9-16(15)21)14-4-1-5-17-18(14)19(23-11-22-17)24-8-2-3-13(10-24)27(25)26/h1,4-7,9,11,13H,2-3,8,10H2,(H,25,26). The fourth-order valence-corrected chi connectivity index (χ4v) is 4.51. The maximum atomic E-state index is 11.6. The first-order valence-electron chi connectivity index (χ1n) is 8.58. The van der Waals surface area contributed by atoms with Crippen molar-refractivity contribution in [1.29, 1.82) is 0 Å². The Morgan fingerprint density at radius 3 is 2.78 bits per heavy atom. The maximum absolute atomic E-state index is 11.6. The molecule has 4 rings (SSSR count). The van der Waals surface area contributed by atoms with Gasteiger partial charge in [0.15, 0.2) is 11.1 Å². The van der Waals surface area contributed by atoms with Crippen LogP contribution in [-0.4, -0.2) is 37.1 Å². The van der Waals surface area contributed by atoms with Gasteiger partial charge in [0, 0.05) is 13.1 Å². The lowest BCUT2D eigenvalue weighted by atomic mass is 10.00. The van der Waals surface area contributed by atoms with Crippen LogP contribution in [0.5, 0.6) is 0 Å². The van der Waals surface area contributed by atoms with Gasteiger partial charge in [-0.3, -0.25) is 0 Å². The Hall–Kier alpha value is -1.73. The van der Waals surface area contributed by atoms with Crippen LogP contribution in [0.4, 0.5) is 5.82 Å². The second-order valence-electron chi connectivity index (χ2n) is 6.51. The van der Waals surface area contributed by atoms with Crippen LogP contribution >= 0.6 is 23.2 Å². The summed E-state index contributed by atoms with van der Waals surface area (Å²) < 4.78 is 21.1. The molecular weight excluding hydrogens is 405 g/mol. The first-order chi connectivity index (χ1) is 13.0. The van der Waals surface area contributed by atoms with Crippen molar-refractivity contribution in [2.75, 3.05) is 18.0 Å². The Kier molecular flexibility index (Phi) is 5.32. The summed E-state index contributed by atoms with van der Waals surface area (Å²) in [7, 11) is 0. The molecule has 2 unspecified atom stereocenters. The average molecular weight is 422 g/mol. The van der Waals surface area contributed by atoms with Gasteiger partial charge in [0.2, 0.25) is 0 Å². The lowest BCUT2D eigenvalue weighted by molar-refractivity contribution is 0.509. The summed E-state index contributed by atoms with van der Waals surface area (Å²) in [6.45, 7) is 1.28. The Labute approximate surface area is 169 Å². The Balaban J connectivity index is 1.87. The molecule has 0 saturated carbocycles. The van der Waals surface area contributed by atoms with Crippen LogP contribution in [-0.2, 0) is 11.1 Å².